The summed E-state index contributed by atoms with van der Waals surface area (Å²) in [6.07, 6.45) is 2.19. The van der Waals surface area contributed by atoms with Gasteiger partial charge in [-0.15, -0.1) is 0 Å². The van der Waals surface area contributed by atoms with E-state index in [1.54, 1.807) is 11.1 Å². The molecule has 1 fully saturated rings. The second kappa shape index (κ2) is 7.99. The third-order valence-corrected chi connectivity index (χ3v) is 4.59. The number of rotatable bonds is 6. The monoisotopic (exact) mass is 352 g/mol. The van der Waals surface area contributed by atoms with Crippen LogP contribution in [0.4, 0.5) is 5.82 Å². The predicted molar refractivity (Wildman–Crippen MR) is 101 cm³/mol. The normalized spacial score (nSPS) is 16.6. The highest BCUT2D eigenvalue weighted by Gasteiger charge is 2.31. The molecular formula is C20H24N4O2. The Bertz CT molecular complexity index is 776. The van der Waals surface area contributed by atoms with E-state index in [4.69, 9.17) is 0 Å². The Balaban J connectivity index is 1.55. The van der Waals surface area contributed by atoms with Crippen LogP contribution in [0.5, 0.6) is 0 Å². The molecule has 0 radical (unpaired) electrons. The lowest BCUT2D eigenvalue weighted by Gasteiger charge is -2.18. The number of nitrogens with zero attached hydrogens (tertiary/aromatic N) is 3. The molecule has 1 aliphatic rings. The summed E-state index contributed by atoms with van der Waals surface area (Å²) in [6, 6.07) is 13.8. The summed E-state index contributed by atoms with van der Waals surface area (Å²) >= 11 is 0. The molecule has 0 bridgehead atoms. The molecule has 3 rings (SSSR count). The van der Waals surface area contributed by atoms with E-state index >= 15 is 0 Å². The summed E-state index contributed by atoms with van der Waals surface area (Å²) < 4.78 is 0. The number of likely N-dealkylation sites (tertiary alicyclic amines) is 1. The van der Waals surface area contributed by atoms with Crippen molar-refractivity contribution in [2.75, 3.05) is 32.1 Å². The summed E-state index contributed by atoms with van der Waals surface area (Å²) in [5.41, 5.74) is 2.09. The summed E-state index contributed by atoms with van der Waals surface area (Å²) in [7, 11) is 3.83. The fraction of sp³-hybridized carbons (Fsp3) is 0.350. The van der Waals surface area contributed by atoms with Gasteiger partial charge in [0.05, 0.1) is 6.54 Å². The van der Waals surface area contributed by atoms with Crippen LogP contribution < -0.4 is 10.2 Å². The Hall–Kier alpha value is -2.89. The van der Waals surface area contributed by atoms with Crippen molar-refractivity contribution in [2.24, 2.45) is 0 Å². The number of benzene rings is 1. The van der Waals surface area contributed by atoms with Crippen LogP contribution >= 0.6 is 0 Å². The average Bonchev–Trinajstić information content (AvgIpc) is 3.01. The van der Waals surface area contributed by atoms with Gasteiger partial charge in [-0.2, -0.15) is 0 Å². The molecular weight excluding hydrogens is 328 g/mol. The Kier molecular flexibility index (Phi) is 5.51. The number of amides is 2. The van der Waals surface area contributed by atoms with E-state index in [9.17, 15) is 9.59 Å². The first-order valence-electron chi connectivity index (χ1n) is 8.75. The third-order valence-electron chi connectivity index (χ3n) is 4.59. The zero-order chi connectivity index (χ0) is 18.5. The number of hydrogen-bond donors (Lipinski definition) is 1. The second-order valence-electron chi connectivity index (χ2n) is 6.74. The Morgan fingerprint density at radius 2 is 2.00 bits per heavy atom. The SMILES string of the molecule is CN(C)c1ncccc1CNC(=O)CN1CC(c2ccccc2)CC1=O. The number of carbonyl (C=O) groups excluding carboxylic acids is 2. The molecule has 1 saturated heterocycles. The van der Waals surface area contributed by atoms with E-state index in [0.717, 1.165) is 16.9 Å². The van der Waals surface area contributed by atoms with Crippen molar-refractivity contribution in [1.29, 1.82) is 0 Å². The van der Waals surface area contributed by atoms with Crippen LogP contribution in [0, 0.1) is 0 Å². The number of hydrogen-bond acceptors (Lipinski definition) is 4. The molecule has 2 heterocycles. The number of nitrogens with one attached hydrogen (secondary N) is 1. The van der Waals surface area contributed by atoms with Crippen LogP contribution in [-0.4, -0.2) is 48.9 Å². The lowest BCUT2D eigenvalue weighted by atomic mass is 9.99. The van der Waals surface area contributed by atoms with Crippen LogP contribution in [0.1, 0.15) is 23.5 Å². The van der Waals surface area contributed by atoms with E-state index in [2.05, 4.69) is 10.3 Å². The summed E-state index contributed by atoms with van der Waals surface area (Å²) in [4.78, 5) is 32.4. The van der Waals surface area contributed by atoms with Crippen molar-refractivity contribution in [3.8, 4) is 0 Å². The first kappa shape index (κ1) is 17.9. The van der Waals surface area contributed by atoms with Gasteiger partial charge in [0, 0.05) is 51.3 Å². The van der Waals surface area contributed by atoms with Crippen molar-refractivity contribution >= 4 is 17.6 Å². The van der Waals surface area contributed by atoms with Gasteiger partial charge in [0.2, 0.25) is 11.8 Å². The molecule has 1 aromatic heterocycles. The molecule has 1 unspecified atom stereocenters. The van der Waals surface area contributed by atoms with Crippen LogP contribution in [0.2, 0.25) is 0 Å². The van der Waals surface area contributed by atoms with Crippen LogP contribution in [-0.2, 0) is 16.1 Å². The van der Waals surface area contributed by atoms with Gasteiger partial charge in [0.25, 0.3) is 0 Å². The van der Waals surface area contributed by atoms with E-state index in [-0.39, 0.29) is 24.3 Å². The summed E-state index contributed by atoms with van der Waals surface area (Å²) in [6.45, 7) is 1.08. The van der Waals surface area contributed by atoms with Gasteiger partial charge >= 0.3 is 0 Å². The molecule has 1 aliphatic heterocycles. The molecule has 0 saturated carbocycles. The van der Waals surface area contributed by atoms with E-state index in [0.29, 0.717) is 19.5 Å². The van der Waals surface area contributed by atoms with Gasteiger partial charge in [0.1, 0.15) is 5.82 Å². The molecule has 1 aromatic carbocycles. The topological polar surface area (TPSA) is 65.5 Å². The molecule has 0 aliphatic carbocycles. The Labute approximate surface area is 153 Å². The summed E-state index contributed by atoms with van der Waals surface area (Å²) in [5, 5.41) is 2.90. The maximum absolute atomic E-state index is 12.3. The van der Waals surface area contributed by atoms with Crippen molar-refractivity contribution in [2.45, 2.75) is 18.9 Å². The third kappa shape index (κ3) is 4.20. The molecule has 2 amide bonds. The highest BCUT2D eigenvalue weighted by molar-refractivity contribution is 5.86. The Morgan fingerprint density at radius 1 is 1.23 bits per heavy atom. The average molecular weight is 352 g/mol. The molecule has 6 heteroatoms. The number of anilines is 1. The fourth-order valence-electron chi connectivity index (χ4n) is 3.27. The summed E-state index contributed by atoms with van der Waals surface area (Å²) in [5.74, 6) is 0.870. The predicted octanol–water partition coefficient (Wildman–Crippen LogP) is 1.78. The number of carbonyl (C=O) groups is 2. The largest absolute Gasteiger partial charge is 0.362 e. The van der Waals surface area contributed by atoms with E-state index < -0.39 is 0 Å². The minimum Gasteiger partial charge on any atom is -0.362 e. The molecule has 6 nitrogen and oxygen atoms in total. The lowest BCUT2D eigenvalue weighted by Crippen LogP contribution is -2.38. The van der Waals surface area contributed by atoms with Crippen LogP contribution in [0.25, 0.3) is 0 Å². The van der Waals surface area contributed by atoms with Crippen molar-refractivity contribution in [3.05, 3.63) is 59.8 Å². The zero-order valence-electron chi connectivity index (χ0n) is 15.2. The highest BCUT2D eigenvalue weighted by atomic mass is 16.2. The van der Waals surface area contributed by atoms with Gasteiger partial charge in [-0.05, 0) is 11.6 Å². The highest BCUT2D eigenvalue weighted by Crippen LogP contribution is 2.27. The van der Waals surface area contributed by atoms with E-state index in [1.165, 1.54) is 0 Å². The zero-order valence-corrected chi connectivity index (χ0v) is 15.2. The van der Waals surface area contributed by atoms with Crippen LogP contribution in [0.15, 0.2) is 48.7 Å². The van der Waals surface area contributed by atoms with Crippen LogP contribution in [0.3, 0.4) is 0 Å². The molecule has 1 N–H and O–H groups in total. The molecule has 26 heavy (non-hydrogen) atoms. The minimum atomic E-state index is -0.152. The standard InChI is InChI=1S/C20H24N4O2/c1-23(2)20-16(9-6-10-21-20)12-22-18(25)14-24-13-17(11-19(24)26)15-7-4-3-5-8-15/h3-10,17H,11-14H2,1-2H3,(H,22,25). The molecule has 2 aromatic rings. The maximum Gasteiger partial charge on any atom is 0.239 e. The van der Waals surface area contributed by atoms with E-state index in [1.807, 2.05) is 61.5 Å². The number of pyridine rings is 1. The lowest BCUT2D eigenvalue weighted by molar-refractivity contribution is -0.133. The van der Waals surface area contributed by atoms with Gasteiger partial charge in [-0.25, -0.2) is 4.98 Å². The van der Waals surface area contributed by atoms with Crippen molar-refractivity contribution < 1.29 is 9.59 Å². The van der Waals surface area contributed by atoms with Crippen molar-refractivity contribution in [1.82, 2.24) is 15.2 Å². The van der Waals surface area contributed by atoms with Crippen molar-refractivity contribution in [3.63, 3.8) is 0 Å². The maximum atomic E-state index is 12.3. The second-order valence-corrected chi connectivity index (χ2v) is 6.74. The number of aromatic nitrogens is 1. The minimum absolute atomic E-state index is 0.0318. The first-order chi connectivity index (χ1) is 12.5. The smallest absolute Gasteiger partial charge is 0.239 e. The molecule has 1 atom stereocenters. The van der Waals surface area contributed by atoms with Gasteiger partial charge in [-0.1, -0.05) is 36.4 Å². The first-order valence-corrected chi connectivity index (χ1v) is 8.75. The molecule has 136 valence electrons. The quantitative estimate of drug-likeness (QED) is 0.861. The molecule has 0 spiro atoms. The van der Waals surface area contributed by atoms with Gasteiger partial charge in [-0.3, -0.25) is 9.59 Å². The van der Waals surface area contributed by atoms with Gasteiger partial charge < -0.3 is 15.1 Å². The fourth-order valence-corrected chi connectivity index (χ4v) is 3.27. The van der Waals surface area contributed by atoms with Gasteiger partial charge in [0.15, 0.2) is 0 Å². The Morgan fingerprint density at radius 3 is 2.73 bits per heavy atom.